The van der Waals surface area contributed by atoms with Crippen molar-refractivity contribution in [1.29, 1.82) is 0 Å². The summed E-state index contributed by atoms with van der Waals surface area (Å²) in [5, 5.41) is 43.8. The summed E-state index contributed by atoms with van der Waals surface area (Å²) in [7, 11) is -5.93. The molecule has 0 unspecified atom stereocenters. The zero-order valence-electron chi connectivity index (χ0n) is 48.1. The topological polar surface area (TPSA) is 248 Å². The Kier molecular flexibility index (Phi) is 63.4. The van der Waals surface area contributed by atoms with E-state index in [1.165, 1.54) is 9.80 Å². The number of hydrogen-bond donors (Lipinski definition) is 4. The number of amides is 4. The molecular weight excluding hydrogens is 1080 g/mol. The standard InChI is InChI=1S/C26H60N2O6Si4.C14H28N2O6.C3H9ClSi.CH2O3.2K.H/c1-35(2)23-31-19-15-27(16-20-32-24-36(3)4)25(29)13-11-12-14-26(30)28(17-21-33-37(5,6)7)18-22-34-38(8,9)10;17-9-5-15(6-10-18)13(21)3-1-2-4-14(22)16(7-11-19)8-12-20;1-5(2,3)4;2-1-4-3;;;/h35-36H,11-24H2,1-10H3;17-20H,1-12H2;1-3H3;1,3H;;;/q;;;;2*+1;-1/p-1. The van der Waals surface area contributed by atoms with Crippen molar-refractivity contribution in [1.82, 2.24) is 19.6 Å². The minimum absolute atomic E-state index is 0. The van der Waals surface area contributed by atoms with Gasteiger partial charge < -0.3 is 69.9 Å². The minimum atomic E-state index is -1.63. The third-order valence-electron chi connectivity index (χ3n) is 8.70. The molecule has 4 N–H and O–H groups in total. The van der Waals surface area contributed by atoms with Crippen molar-refractivity contribution in [2.45, 2.75) is 136 Å². The van der Waals surface area contributed by atoms with Gasteiger partial charge in [-0.05, 0) is 65.0 Å². The van der Waals surface area contributed by atoms with Crippen LogP contribution in [0.5, 0.6) is 0 Å². The van der Waals surface area contributed by atoms with Crippen molar-refractivity contribution in [3.63, 3.8) is 0 Å². The van der Waals surface area contributed by atoms with Crippen LogP contribution in [0.15, 0.2) is 0 Å². The Labute approximate surface area is 526 Å². The van der Waals surface area contributed by atoms with Crippen LogP contribution in [0.25, 0.3) is 0 Å². The average Bonchev–Trinajstić information content (AvgIpc) is 3.23. The number of hydrogen-bond acceptors (Lipinski definition) is 15. The second-order valence-corrected chi connectivity index (χ2v) is 42.8. The van der Waals surface area contributed by atoms with Gasteiger partial charge in [-0.15, -0.1) is 0 Å². The first-order valence-corrected chi connectivity index (χ1v) is 42.1. The molecule has 0 aromatic rings. The molecule has 19 nitrogen and oxygen atoms in total. The van der Waals surface area contributed by atoms with Crippen molar-refractivity contribution in [2.24, 2.45) is 0 Å². The Hall–Kier alpha value is 1.64. The molecule has 0 heterocycles. The molecular formula is C44H99ClK2N4O15Si5. The molecule has 0 radical (unpaired) electrons. The van der Waals surface area contributed by atoms with Crippen LogP contribution in [0, 0.1) is 0 Å². The second kappa shape index (κ2) is 53.6. The van der Waals surface area contributed by atoms with E-state index in [9.17, 15) is 19.2 Å². The summed E-state index contributed by atoms with van der Waals surface area (Å²) in [6.07, 6.45) is 5.54. The molecule has 0 aliphatic heterocycles. The molecule has 4 amide bonds. The maximum absolute atomic E-state index is 13.0. The summed E-state index contributed by atoms with van der Waals surface area (Å²) in [6.45, 7) is 32.9. The molecule has 0 spiro atoms. The SMILES string of the molecule is C[SiH](C)COCCN(CCOC[SiH](C)C)C(=O)CCCCC(=O)N(CCO[Si](C)(C)C)CCO[Si](C)(C)C.C[Si](C)(C)Cl.O=C(CCCCC(=O)N(CCO)CCO)N(CCO)CCO.O=CO[O-].[H-].[K+].[K+]. The van der Waals surface area contributed by atoms with Crippen molar-refractivity contribution >= 4 is 82.8 Å². The van der Waals surface area contributed by atoms with Crippen molar-refractivity contribution < 1.29 is 177 Å². The fourth-order valence-electron chi connectivity index (χ4n) is 5.58. The second-order valence-electron chi connectivity index (χ2n) is 20.0. The fraction of sp³-hybridized carbons (Fsp3) is 0.886. The molecule has 0 atom stereocenters. The predicted molar refractivity (Wildman–Crippen MR) is 287 cm³/mol. The first kappa shape index (κ1) is 83.9. The molecule has 0 rings (SSSR count). The van der Waals surface area contributed by atoms with Gasteiger partial charge in [0.1, 0.15) is 7.38 Å². The third-order valence-corrected chi connectivity index (χ3v) is 12.6. The van der Waals surface area contributed by atoms with Crippen molar-refractivity contribution in [3.05, 3.63) is 0 Å². The molecule has 0 saturated heterocycles. The summed E-state index contributed by atoms with van der Waals surface area (Å²) >= 11 is 5.67. The van der Waals surface area contributed by atoms with Crippen LogP contribution in [0.2, 0.25) is 85.1 Å². The fourth-order valence-corrected chi connectivity index (χ4v) is 8.26. The van der Waals surface area contributed by atoms with E-state index in [0.717, 1.165) is 12.5 Å². The largest absolute Gasteiger partial charge is 1.00 e. The zero-order valence-corrected chi connectivity index (χ0v) is 59.4. The van der Waals surface area contributed by atoms with E-state index in [2.05, 4.69) is 90.0 Å². The van der Waals surface area contributed by atoms with Gasteiger partial charge >= 0.3 is 103 Å². The van der Waals surface area contributed by atoms with E-state index in [4.69, 9.17) is 59.9 Å². The zero-order chi connectivity index (χ0) is 53.9. The van der Waals surface area contributed by atoms with Gasteiger partial charge in [-0.2, -0.15) is 11.1 Å². The van der Waals surface area contributed by atoms with Crippen LogP contribution in [0.1, 0.15) is 52.8 Å². The van der Waals surface area contributed by atoms with E-state index >= 15 is 0 Å². The Morgan fingerprint density at radius 2 is 0.718 bits per heavy atom. The summed E-state index contributed by atoms with van der Waals surface area (Å²) in [5.74, 6) is -0.0708. The van der Waals surface area contributed by atoms with Gasteiger partial charge in [0.2, 0.25) is 23.6 Å². The molecule has 0 aliphatic rings. The van der Waals surface area contributed by atoms with Crippen LogP contribution in [0.4, 0.5) is 0 Å². The van der Waals surface area contributed by atoms with Gasteiger partial charge in [0.25, 0.3) is 6.47 Å². The molecule has 27 heteroatoms. The van der Waals surface area contributed by atoms with E-state index in [1.807, 2.05) is 9.80 Å². The Balaban J connectivity index is -0.000000210. The number of nitrogens with zero attached hydrogens (tertiary/aromatic N) is 4. The quantitative estimate of drug-likeness (QED) is 0.0119. The number of rotatable bonds is 37. The Morgan fingerprint density at radius 3 is 0.901 bits per heavy atom. The van der Waals surface area contributed by atoms with E-state index in [-0.39, 0.29) is 200 Å². The molecule has 414 valence electrons. The minimum Gasteiger partial charge on any atom is -1.00 e. The summed E-state index contributed by atoms with van der Waals surface area (Å²) in [5.41, 5.74) is 0. The first-order valence-electron chi connectivity index (χ1n) is 24.5. The van der Waals surface area contributed by atoms with Gasteiger partial charge in [-0.25, -0.2) is 0 Å². The maximum atomic E-state index is 13.0. The number of halogens is 1. The van der Waals surface area contributed by atoms with Crippen LogP contribution < -0.4 is 108 Å². The van der Waals surface area contributed by atoms with Crippen LogP contribution >= 0.6 is 11.1 Å². The molecule has 0 aromatic heterocycles. The van der Waals surface area contributed by atoms with Gasteiger partial charge in [0.15, 0.2) is 16.6 Å². The molecule has 0 aliphatic carbocycles. The molecule has 0 bridgehead atoms. The number of carbonyl (C=O) groups is 5. The van der Waals surface area contributed by atoms with Crippen molar-refractivity contribution in [3.8, 4) is 0 Å². The third kappa shape index (κ3) is 65.8. The molecule has 71 heavy (non-hydrogen) atoms. The number of unbranched alkanes of at least 4 members (excludes halogenated alkanes) is 2. The van der Waals surface area contributed by atoms with Gasteiger partial charge in [0, 0.05) is 90.5 Å². The number of aliphatic hydroxyl groups is 4. The van der Waals surface area contributed by atoms with E-state index < -0.39 is 41.6 Å². The van der Waals surface area contributed by atoms with Crippen LogP contribution in [-0.2, 0) is 47.2 Å². The first-order chi connectivity index (χ1) is 32.1. The smallest absolute Gasteiger partial charge is 1.00 e. The van der Waals surface area contributed by atoms with Gasteiger partial charge in [0.05, 0.1) is 70.4 Å². The van der Waals surface area contributed by atoms with E-state index in [1.54, 1.807) is 0 Å². The monoisotopic (exact) mass is 1180 g/mol. The molecule has 0 aromatic carbocycles. The van der Waals surface area contributed by atoms with Crippen LogP contribution in [-0.4, -0.2) is 229 Å². The van der Waals surface area contributed by atoms with Crippen molar-refractivity contribution in [2.75, 3.05) is 118 Å². The Bertz CT molecular complexity index is 1220. The summed E-state index contributed by atoms with van der Waals surface area (Å²) in [6, 6.07) is 0. The van der Waals surface area contributed by atoms with Crippen LogP contribution in [0.3, 0.4) is 0 Å². The van der Waals surface area contributed by atoms with Gasteiger partial charge in [-0.1, -0.05) is 45.8 Å². The maximum Gasteiger partial charge on any atom is 1.00 e. The average molecular weight is 1180 g/mol. The van der Waals surface area contributed by atoms with E-state index in [0.29, 0.717) is 91.1 Å². The molecule has 0 saturated carbocycles. The number of aliphatic hydroxyl groups excluding tert-OH is 4. The molecule has 0 fully saturated rings. The number of ether oxygens (including phenoxy) is 2. The summed E-state index contributed by atoms with van der Waals surface area (Å²) in [4.78, 5) is 67.5. The Morgan fingerprint density at radius 1 is 0.507 bits per heavy atom. The van der Waals surface area contributed by atoms with Gasteiger partial charge in [-0.3, -0.25) is 24.0 Å². The summed E-state index contributed by atoms with van der Waals surface area (Å²) < 4.78 is 23.5. The number of carbonyl (C=O) groups excluding carboxylic acids is 5. The predicted octanol–water partition coefficient (Wildman–Crippen LogP) is -3.22. The normalized spacial score (nSPS) is 11.1.